The van der Waals surface area contributed by atoms with Crippen molar-refractivity contribution in [2.75, 3.05) is 5.32 Å². The maximum Gasteiger partial charge on any atom is 0.221 e. The van der Waals surface area contributed by atoms with Crippen LogP contribution in [0.5, 0.6) is 0 Å². The van der Waals surface area contributed by atoms with Crippen LogP contribution in [-0.4, -0.2) is 10.9 Å². The van der Waals surface area contributed by atoms with Gasteiger partial charge in [0.1, 0.15) is 0 Å². The topological polar surface area (TPSA) is 42.0 Å². The average Bonchev–Trinajstić information content (AvgIpc) is 2.48. The van der Waals surface area contributed by atoms with Gasteiger partial charge >= 0.3 is 0 Å². The van der Waals surface area contributed by atoms with Crippen LogP contribution in [0.15, 0.2) is 54.6 Å². The molecule has 0 spiro atoms. The van der Waals surface area contributed by atoms with Crippen LogP contribution in [0.2, 0.25) is 0 Å². The Kier molecular flexibility index (Phi) is 3.40. The summed E-state index contributed by atoms with van der Waals surface area (Å²) >= 11 is 0. The minimum atomic E-state index is -0.0686. The molecule has 0 saturated heterocycles. The van der Waals surface area contributed by atoms with Crippen LogP contribution >= 0.6 is 0 Å². The monoisotopic (exact) mass is 276 g/mol. The normalized spacial score (nSPS) is 10.6. The lowest BCUT2D eigenvalue weighted by molar-refractivity contribution is -0.114. The van der Waals surface area contributed by atoms with Crippen LogP contribution in [0, 0.1) is 6.92 Å². The van der Waals surface area contributed by atoms with E-state index < -0.39 is 0 Å². The van der Waals surface area contributed by atoms with Crippen molar-refractivity contribution < 1.29 is 4.79 Å². The van der Waals surface area contributed by atoms with Gasteiger partial charge in [0.2, 0.25) is 5.91 Å². The average molecular weight is 276 g/mol. The van der Waals surface area contributed by atoms with Crippen molar-refractivity contribution in [1.82, 2.24) is 4.98 Å². The predicted molar refractivity (Wildman–Crippen MR) is 86.2 cm³/mol. The smallest absolute Gasteiger partial charge is 0.221 e. The number of nitrogens with zero attached hydrogens (tertiary/aromatic N) is 1. The Hall–Kier alpha value is -2.68. The van der Waals surface area contributed by atoms with Gasteiger partial charge in [0.05, 0.1) is 11.2 Å². The van der Waals surface area contributed by atoms with Crippen molar-refractivity contribution in [2.45, 2.75) is 13.8 Å². The molecule has 0 fully saturated rings. The fourth-order valence-corrected chi connectivity index (χ4v) is 2.43. The number of hydrogen-bond donors (Lipinski definition) is 1. The maximum atomic E-state index is 11.1. The second-order valence-corrected chi connectivity index (χ2v) is 5.10. The van der Waals surface area contributed by atoms with Gasteiger partial charge in [-0.15, -0.1) is 0 Å². The highest BCUT2D eigenvalue weighted by Gasteiger charge is 2.06. The molecule has 21 heavy (non-hydrogen) atoms. The van der Waals surface area contributed by atoms with Gasteiger partial charge in [-0.25, -0.2) is 4.98 Å². The first-order valence-electron chi connectivity index (χ1n) is 6.88. The van der Waals surface area contributed by atoms with E-state index in [1.54, 1.807) is 0 Å². The van der Waals surface area contributed by atoms with Crippen molar-refractivity contribution in [3.63, 3.8) is 0 Å². The number of aryl methyl sites for hydroxylation is 1. The second kappa shape index (κ2) is 5.37. The Labute approximate surface area is 123 Å². The van der Waals surface area contributed by atoms with Crippen molar-refractivity contribution in [2.24, 2.45) is 0 Å². The first-order chi connectivity index (χ1) is 10.1. The molecule has 2 aromatic carbocycles. The minimum Gasteiger partial charge on any atom is -0.326 e. The number of carbonyl (C=O) groups excluding carboxylic acids is 1. The van der Waals surface area contributed by atoms with Crippen LogP contribution in [0.25, 0.3) is 22.2 Å². The summed E-state index contributed by atoms with van der Waals surface area (Å²) in [7, 11) is 0. The number of fused-ring (bicyclic) bond motifs is 1. The highest BCUT2D eigenvalue weighted by Crippen LogP contribution is 2.26. The van der Waals surface area contributed by atoms with E-state index in [0.29, 0.717) is 0 Å². The molecular weight excluding hydrogens is 260 g/mol. The van der Waals surface area contributed by atoms with Crippen LogP contribution in [0.3, 0.4) is 0 Å². The molecule has 3 heteroatoms. The largest absolute Gasteiger partial charge is 0.326 e. The molecule has 1 aromatic heterocycles. The molecule has 1 N–H and O–H groups in total. The molecule has 0 atom stereocenters. The third kappa shape index (κ3) is 2.77. The first kappa shape index (κ1) is 13.3. The van der Waals surface area contributed by atoms with Crippen LogP contribution < -0.4 is 5.32 Å². The Morgan fingerprint density at radius 3 is 2.52 bits per heavy atom. The van der Waals surface area contributed by atoms with E-state index >= 15 is 0 Å². The number of rotatable bonds is 2. The summed E-state index contributed by atoms with van der Waals surface area (Å²) in [6.45, 7) is 3.57. The summed E-state index contributed by atoms with van der Waals surface area (Å²) in [5.74, 6) is -0.0686. The van der Waals surface area contributed by atoms with E-state index in [1.165, 1.54) is 6.92 Å². The van der Waals surface area contributed by atoms with E-state index in [2.05, 4.69) is 30.4 Å². The number of benzene rings is 2. The second-order valence-electron chi connectivity index (χ2n) is 5.10. The first-order valence-corrected chi connectivity index (χ1v) is 6.88. The molecule has 0 radical (unpaired) electrons. The Balaban J connectivity index is 2.11. The number of aromatic nitrogens is 1. The lowest BCUT2D eigenvalue weighted by Crippen LogP contribution is -2.05. The van der Waals surface area contributed by atoms with Gasteiger partial charge in [-0.2, -0.15) is 0 Å². The Morgan fingerprint density at radius 1 is 1.05 bits per heavy atom. The molecule has 0 aliphatic heterocycles. The van der Waals surface area contributed by atoms with Crippen molar-refractivity contribution >= 4 is 22.5 Å². The molecule has 0 bridgehead atoms. The van der Waals surface area contributed by atoms with E-state index in [4.69, 9.17) is 4.98 Å². The summed E-state index contributed by atoms with van der Waals surface area (Å²) in [5.41, 5.74) is 4.95. The van der Waals surface area contributed by atoms with E-state index in [1.807, 2.05) is 36.4 Å². The third-order valence-electron chi connectivity index (χ3n) is 3.41. The van der Waals surface area contributed by atoms with E-state index in [9.17, 15) is 4.79 Å². The molecule has 3 rings (SSSR count). The maximum absolute atomic E-state index is 11.1. The quantitative estimate of drug-likeness (QED) is 0.763. The third-order valence-corrected chi connectivity index (χ3v) is 3.41. The summed E-state index contributed by atoms with van der Waals surface area (Å²) < 4.78 is 0. The van der Waals surface area contributed by atoms with E-state index in [0.717, 1.165) is 33.4 Å². The molecular formula is C18H16N2O. The zero-order chi connectivity index (χ0) is 14.8. The number of pyridine rings is 1. The molecule has 0 unspecified atom stereocenters. The molecule has 0 aliphatic carbocycles. The fourth-order valence-electron chi connectivity index (χ4n) is 2.43. The van der Waals surface area contributed by atoms with Gasteiger partial charge < -0.3 is 5.32 Å². The number of hydrogen-bond acceptors (Lipinski definition) is 2. The zero-order valence-electron chi connectivity index (χ0n) is 12.1. The standard InChI is InChI=1S/C18H16N2O/c1-12-10-18(14-6-4-3-5-7-14)20-17-9-8-15(11-16(12)17)19-13(2)21/h3-11H,1-2H3,(H,19,21). The fraction of sp³-hybridized carbons (Fsp3) is 0.111. The highest BCUT2D eigenvalue weighted by atomic mass is 16.1. The zero-order valence-corrected chi connectivity index (χ0v) is 12.1. The van der Waals surface area contributed by atoms with Gasteiger partial charge in [-0.1, -0.05) is 30.3 Å². The predicted octanol–water partition coefficient (Wildman–Crippen LogP) is 4.17. The molecule has 1 heterocycles. The summed E-state index contributed by atoms with van der Waals surface area (Å²) in [6, 6.07) is 18.0. The van der Waals surface area contributed by atoms with Crippen LogP contribution in [0.4, 0.5) is 5.69 Å². The van der Waals surface area contributed by atoms with Crippen molar-refractivity contribution in [1.29, 1.82) is 0 Å². The summed E-state index contributed by atoms with van der Waals surface area (Å²) in [6.07, 6.45) is 0. The Morgan fingerprint density at radius 2 is 1.81 bits per heavy atom. The van der Waals surface area contributed by atoms with Crippen molar-refractivity contribution in [3.8, 4) is 11.3 Å². The van der Waals surface area contributed by atoms with E-state index in [-0.39, 0.29) is 5.91 Å². The van der Waals surface area contributed by atoms with Crippen LogP contribution in [-0.2, 0) is 4.79 Å². The highest BCUT2D eigenvalue weighted by molar-refractivity contribution is 5.93. The number of anilines is 1. The van der Waals surface area contributed by atoms with Gasteiger partial charge in [0.15, 0.2) is 0 Å². The lowest BCUT2D eigenvalue weighted by Gasteiger charge is -2.09. The van der Waals surface area contributed by atoms with Crippen molar-refractivity contribution in [3.05, 3.63) is 60.2 Å². The molecule has 3 aromatic rings. The van der Waals surface area contributed by atoms with Crippen LogP contribution in [0.1, 0.15) is 12.5 Å². The Bertz CT molecular complexity index is 810. The summed E-state index contributed by atoms with van der Waals surface area (Å²) in [5, 5.41) is 3.86. The van der Waals surface area contributed by atoms with Gasteiger partial charge in [0.25, 0.3) is 0 Å². The van der Waals surface area contributed by atoms with Gasteiger partial charge in [-0.05, 0) is 36.8 Å². The number of nitrogens with one attached hydrogen (secondary N) is 1. The minimum absolute atomic E-state index is 0.0686. The molecule has 104 valence electrons. The molecule has 0 saturated carbocycles. The SMILES string of the molecule is CC(=O)Nc1ccc2nc(-c3ccccc3)cc(C)c2c1. The lowest BCUT2D eigenvalue weighted by atomic mass is 10.0. The number of amides is 1. The molecule has 1 amide bonds. The molecule has 0 aliphatic rings. The summed E-state index contributed by atoms with van der Waals surface area (Å²) in [4.78, 5) is 15.9. The van der Waals surface area contributed by atoms with Gasteiger partial charge in [-0.3, -0.25) is 4.79 Å². The number of carbonyl (C=O) groups is 1. The molecule has 3 nitrogen and oxygen atoms in total. The van der Waals surface area contributed by atoms with Gasteiger partial charge in [0, 0.05) is 23.6 Å².